The first-order chi connectivity index (χ1) is 9.20. The Bertz CT molecular complexity index is 570. The lowest BCUT2D eigenvalue weighted by Gasteiger charge is -2.28. The Morgan fingerprint density at radius 2 is 2.42 bits per heavy atom. The number of nitrogens with zero attached hydrogens (tertiary/aromatic N) is 3. The summed E-state index contributed by atoms with van der Waals surface area (Å²) in [5.41, 5.74) is 3.88. The molecule has 1 aromatic rings. The van der Waals surface area contributed by atoms with Crippen molar-refractivity contribution in [3.63, 3.8) is 0 Å². The first-order valence-electron chi connectivity index (χ1n) is 6.76. The van der Waals surface area contributed by atoms with Gasteiger partial charge >= 0.3 is 0 Å². The van der Waals surface area contributed by atoms with Crippen LogP contribution in [0.25, 0.3) is 0 Å². The Balaban J connectivity index is 1.81. The fourth-order valence-corrected chi connectivity index (χ4v) is 2.79. The van der Waals surface area contributed by atoms with Crippen LogP contribution in [0.3, 0.4) is 0 Å². The first kappa shape index (κ1) is 12.1. The largest absolute Gasteiger partial charge is 0.347 e. The van der Waals surface area contributed by atoms with Gasteiger partial charge in [0.1, 0.15) is 0 Å². The molecule has 1 unspecified atom stereocenters. The molecule has 0 saturated carbocycles. The van der Waals surface area contributed by atoms with Crippen LogP contribution in [0.15, 0.2) is 22.6 Å². The second-order valence-electron chi connectivity index (χ2n) is 5.10. The Morgan fingerprint density at radius 3 is 3.21 bits per heavy atom. The number of fused-ring (bicyclic) bond motifs is 1. The van der Waals surface area contributed by atoms with Crippen molar-refractivity contribution in [3.8, 4) is 0 Å². The van der Waals surface area contributed by atoms with Crippen LogP contribution in [0.4, 0.5) is 0 Å². The fourth-order valence-electron chi connectivity index (χ4n) is 2.79. The van der Waals surface area contributed by atoms with E-state index in [-0.39, 0.29) is 11.8 Å². The molecule has 2 aliphatic rings. The maximum absolute atomic E-state index is 12.7. The number of nitrogens with one attached hydrogen (secondary N) is 1. The summed E-state index contributed by atoms with van der Waals surface area (Å²) < 4.78 is 0. The molecule has 19 heavy (non-hydrogen) atoms. The third kappa shape index (κ3) is 1.99. The van der Waals surface area contributed by atoms with Crippen LogP contribution in [0, 0.1) is 5.92 Å². The van der Waals surface area contributed by atoms with E-state index in [1.54, 1.807) is 6.33 Å². The van der Waals surface area contributed by atoms with Crippen LogP contribution in [0.2, 0.25) is 0 Å². The summed E-state index contributed by atoms with van der Waals surface area (Å²) in [6.07, 6.45) is 5.35. The van der Waals surface area contributed by atoms with Gasteiger partial charge in [-0.15, -0.1) is 0 Å². The number of aromatic amines is 1. The number of amides is 1. The van der Waals surface area contributed by atoms with Crippen molar-refractivity contribution in [1.82, 2.24) is 14.9 Å². The monoisotopic (exact) mass is 258 g/mol. The molecule has 0 aromatic carbocycles. The van der Waals surface area contributed by atoms with Crippen LogP contribution < -0.4 is 0 Å². The Kier molecular flexibility index (Phi) is 2.97. The van der Waals surface area contributed by atoms with Crippen molar-refractivity contribution in [2.24, 2.45) is 10.9 Å². The summed E-state index contributed by atoms with van der Waals surface area (Å²) in [6.45, 7) is 5.38. The minimum Gasteiger partial charge on any atom is -0.347 e. The third-order valence-electron chi connectivity index (χ3n) is 3.94. The van der Waals surface area contributed by atoms with E-state index in [1.165, 1.54) is 0 Å². The number of H-pyrrole nitrogens is 1. The lowest BCUT2D eigenvalue weighted by Crippen LogP contribution is -2.38. The molecule has 1 aromatic heterocycles. The van der Waals surface area contributed by atoms with Gasteiger partial charge < -0.3 is 9.88 Å². The zero-order valence-electron chi connectivity index (χ0n) is 11.3. The molecule has 0 spiro atoms. The molecular formula is C14H18N4O. The van der Waals surface area contributed by atoms with Gasteiger partial charge in [0.2, 0.25) is 0 Å². The zero-order valence-corrected chi connectivity index (χ0v) is 11.3. The van der Waals surface area contributed by atoms with Crippen molar-refractivity contribution >= 4 is 12.1 Å². The van der Waals surface area contributed by atoms with E-state index in [4.69, 9.17) is 0 Å². The van der Waals surface area contributed by atoms with E-state index in [0.717, 1.165) is 42.0 Å². The van der Waals surface area contributed by atoms with Crippen LogP contribution >= 0.6 is 0 Å². The number of hydrogen-bond donors (Lipinski definition) is 1. The van der Waals surface area contributed by atoms with Gasteiger partial charge in [0, 0.05) is 36.4 Å². The van der Waals surface area contributed by atoms with E-state index in [0.29, 0.717) is 6.54 Å². The van der Waals surface area contributed by atoms with Gasteiger partial charge in [-0.3, -0.25) is 9.79 Å². The van der Waals surface area contributed by atoms with Crippen molar-refractivity contribution in [3.05, 3.63) is 29.0 Å². The molecule has 0 fully saturated rings. The maximum Gasteiger partial charge on any atom is 0.252 e. The second-order valence-corrected chi connectivity index (χ2v) is 5.10. The number of allylic oxidation sites excluding steroid dienone is 1. The number of hydrogen-bond acceptors (Lipinski definition) is 3. The van der Waals surface area contributed by atoms with Crippen molar-refractivity contribution in [2.75, 3.05) is 6.54 Å². The van der Waals surface area contributed by atoms with Gasteiger partial charge in [-0.25, -0.2) is 4.98 Å². The van der Waals surface area contributed by atoms with Gasteiger partial charge in [-0.1, -0.05) is 6.92 Å². The quantitative estimate of drug-likeness (QED) is 0.877. The molecule has 0 radical (unpaired) electrons. The molecular weight excluding hydrogens is 240 g/mol. The van der Waals surface area contributed by atoms with Crippen molar-refractivity contribution in [1.29, 1.82) is 0 Å². The minimum atomic E-state index is 0.127. The van der Waals surface area contributed by atoms with E-state index in [1.807, 2.05) is 18.0 Å². The highest BCUT2D eigenvalue weighted by Crippen LogP contribution is 2.27. The number of rotatable bonds is 2. The van der Waals surface area contributed by atoms with E-state index in [2.05, 4.69) is 21.9 Å². The lowest BCUT2D eigenvalue weighted by molar-refractivity contribution is -0.128. The van der Waals surface area contributed by atoms with Crippen molar-refractivity contribution in [2.45, 2.75) is 33.2 Å². The standard InChI is InChI=1S/C14H18N4O/c1-3-10-6-15-9(2)13(10)14(19)18-5-4-11-12(7-18)17-8-16-11/h6,8,10H,3-5,7H2,1-2H3,(H,16,17). The fraction of sp³-hybridized carbons (Fsp3) is 0.500. The molecule has 3 rings (SSSR count). The molecule has 0 aliphatic carbocycles. The summed E-state index contributed by atoms with van der Waals surface area (Å²) in [4.78, 5) is 26.3. The normalized spacial score (nSPS) is 22.0. The smallest absolute Gasteiger partial charge is 0.252 e. The highest BCUT2D eigenvalue weighted by atomic mass is 16.2. The molecule has 5 nitrogen and oxygen atoms in total. The molecule has 0 bridgehead atoms. The Labute approximate surface area is 112 Å². The second kappa shape index (κ2) is 4.64. The highest BCUT2D eigenvalue weighted by molar-refractivity contribution is 6.00. The average molecular weight is 258 g/mol. The van der Waals surface area contributed by atoms with Crippen LogP contribution in [0.5, 0.6) is 0 Å². The maximum atomic E-state index is 12.7. The van der Waals surface area contributed by atoms with Gasteiger partial charge in [-0.2, -0.15) is 0 Å². The number of imidazole rings is 1. The predicted octanol–water partition coefficient (Wildman–Crippen LogP) is 1.68. The molecule has 0 saturated heterocycles. The number of carbonyl (C=O) groups excluding carboxylic acids is 1. The summed E-state index contributed by atoms with van der Waals surface area (Å²) in [5, 5.41) is 0. The summed E-state index contributed by atoms with van der Waals surface area (Å²) in [5.74, 6) is 0.303. The Morgan fingerprint density at radius 1 is 1.58 bits per heavy atom. The molecule has 1 amide bonds. The molecule has 3 heterocycles. The minimum absolute atomic E-state index is 0.127. The van der Waals surface area contributed by atoms with Crippen LogP contribution in [0.1, 0.15) is 31.7 Å². The average Bonchev–Trinajstić information content (AvgIpc) is 3.02. The number of aliphatic imine (C=N–C) groups is 1. The van der Waals surface area contributed by atoms with Crippen LogP contribution in [-0.4, -0.2) is 33.5 Å². The van der Waals surface area contributed by atoms with E-state index >= 15 is 0 Å². The number of carbonyl (C=O) groups is 1. The summed E-state index contributed by atoms with van der Waals surface area (Å²) in [6, 6.07) is 0. The van der Waals surface area contributed by atoms with Gasteiger partial charge in [0.25, 0.3) is 5.91 Å². The van der Waals surface area contributed by atoms with E-state index < -0.39 is 0 Å². The topological polar surface area (TPSA) is 61.4 Å². The predicted molar refractivity (Wildman–Crippen MR) is 72.7 cm³/mol. The SMILES string of the molecule is CCC1C=NC(C)=C1C(=O)N1CCc2nc[nH]c2C1. The lowest BCUT2D eigenvalue weighted by atomic mass is 9.96. The van der Waals surface area contributed by atoms with E-state index in [9.17, 15) is 4.79 Å². The molecule has 100 valence electrons. The molecule has 1 atom stereocenters. The third-order valence-corrected chi connectivity index (χ3v) is 3.94. The zero-order chi connectivity index (χ0) is 13.4. The van der Waals surface area contributed by atoms with Crippen LogP contribution in [-0.2, 0) is 17.8 Å². The van der Waals surface area contributed by atoms with Gasteiger partial charge in [0.15, 0.2) is 0 Å². The number of aromatic nitrogens is 2. The summed E-state index contributed by atoms with van der Waals surface area (Å²) in [7, 11) is 0. The first-order valence-corrected chi connectivity index (χ1v) is 6.76. The van der Waals surface area contributed by atoms with Gasteiger partial charge in [-0.05, 0) is 13.3 Å². The summed E-state index contributed by atoms with van der Waals surface area (Å²) >= 11 is 0. The molecule has 5 heteroatoms. The Hall–Kier alpha value is -1.91. The molecule has 2 aliphatic heterocycles. The highest BCUT2D eigenvalue weighted by Gasteiger charge is 2.30. The molecule has 1 N–H and O–H groups in total. The van der Waals surface area contributed by atoms with Crippen molar-refractivity contribution < 1.29 is 4.79 Å². The van der Waals surface area contributed by atoms with Gasteiger partial charge in [0.05, 0.1) is 24.3 Å².